The van der Waals surface area contributed by atoms with Crippen LogP contribution >= 0.6 is 0 Å². The smallest absolute Gasteiger partial charge is 0.235 e. The summed E-state index contributed by atoms with van der Waals surface area (Å²) in [6.07, 6.45) is 1.84. The second-order valence-electron chi connectivity index (χ2n) is 8.14. The van der Waals surface area contributed by atoms with Crippen molar-refractivity contribution in [2.24, 2.45) is 0 Å². The van der Waals surface area contributed by atoms with E-state index in [9.17, 15) is 9.18 Å². The molecule has 0 saturated carbocycles. The van der Waals surface area contributed by atoms with Crippen molar-refractivity contribution in [3.63, 3.8) is 0 Å². The normalized spacial score (nSPS) is 15.4. The largest absolute Gasteiger partial charge is 0.379 e. The van der Waals surface area contributed by atoms with Crippen LogP contribution in [0, 0.1) is 12.7 Å². The number of ether oxygens (including phenoxy) is 1. The summed E-state index contributed by atoms with van der Waals surface area (Å²) >= 11 is 0. The van der Waals surface area contributed by atoms with Crippen LogP contribution in [0.2, 0.25) is 0 Å². The Morgan fingerprint density at radius 3 is 2.74 bits per heavy atom. The van der Waals surface area contributed by atoms with Gasteiger partial charge in [-0.15, -0.1) is 0 Å². The van der Waals surface area contributed by atoms with E-state index in [0.717, 1.165) is 5.69 Å². The fraction of sp³-hybridized carbons (Fsp3) is 0.304. The Morgan fingerprint density at radius 1 is 1.21 bits per heavy atom. The van der Waals surface area contributed by atoms with E-state index in [1.165, 1.54) is 12.1 Å². The number of fused-ring (bicyclic) bond motifs is 1. The summed E-state index contributed by atoms with van der Waals surface area (Å²) in [6, 6.07) is 10.9. The molecule has 4 aromatic rings. The van der Waals surface area contributed by atoms with Gasteiger partial charge in [0.15, 0.2) is 11.6 Å². The van der Waals surface area contributed by atoms with E-state index in [2.05, 4.69) is 25.8 Å². The Bertz CT molecular complexity index is 1280. The molecule has 0 spiro atoms. The van der Waals surface area contributed by atoms with Gasteiger partial charge in [-0.3, -0.25) is 19.2 Å². The number of anilines is 2. The van der Waals surface area contributed by atoms with Crippen molar-refractivity contribution >= 4 is 23.3 Å². The highest BCUT2D eigenvalue weighted by molar-refractivity contribution is 5.79. The quantitative estimate of drug-likeness (QED) is 0.384. The predicted octanol–water partition coefficient (Wildman–Crippen LogP) is 2.18. The van der Waals surface area contributed by atoms with Gasteiger partial charge in [0.2, 0.25) is 11.9 Å². The molecule has 10 nitrogen and oxygen atoms in total. The summed E-state index contributed by atoms with van der Waals surface area (Å²) in [5, 5.41) is 13.4. The Kier molecular flexibility index (Phi) is 6.19. The van der Waals surface area contributed by atoms with Crippen LogP contribution in [0.15, 0.2) is 48.7 Å². The molecule has 1 atom stereocenters. The number of morpholine rings is 1. The van der Waals surface area contributed by atoms with Gasteiger partial charge < -0.3 is 15.4 Å². The van der Waals surface area contributed by atoms with E-state index >= 15 is 0 Å². The van der Waals surface area contributed by atoms with Crippen LogP contribution in [0.5, 0.6) is 0 Å². The van der Waals surface area contributed by atoms with Crippen LogP contribution in [0.4, 0.5) is 16.2 Å². The molecule has 4 heterocycles. The number of aromatic amines is 1. The van der Waals surface area contributed by atoms with Crippen LogP contribution in [0.25, 0.3) is 5.65 Å². The number of rotatable bonds is 7. The van der Waals surface area contributed by atoms with E-state index in [4.69, 9.17) is 9.72 Å². The molecule has 0 radical (unpaired) electrons. The summed E-state index contributed by atoms with van der Waals surface area (Å²) in [5.41, 5.74) is 2.23. The van der Waals surface area contributed by atoms with Gasteiger partial charge in [-0.25, -0.2) is 9.37 Å². The Labute approximate surface area is 195 Å². The first-order valence-corrected chi connectivity index (χ1v) is 11.0. The average Bonchev–Trinajstić information content (AvgIpc) is 3.47. The molecule has 1 amide bonds. The molecule has 176 valence electrons. The summed E-state index contributed by atoms with van der Waals surface area (Å²) in [7, 11) is 0. The fourth-order valence-electron chi connectivity index (χ4n) is 3.88. The van der Waals surface area contributed by atoms with Gasteiger partial charge in [0, 0.05) is 31.0 Å². The highest BCUT2D eigenvalue weighted by atomic mass is 19.1. The van der Waals surface area contributed by atoms with Crippen molar-refractivity contribution in [1.82, 2.24) is 34.8 Å². The Hall–Kier alpha value is -3.83. The molecule has 3 N–H and O–H groups in total. The Morgan fingerprint density at radius 2 is 2.00 bits per heavy atom. The molecule has 3 aromatic heterocycles. The van der Waals surface area contributed by atoms with Gasteiger partial charge in [-0.1, -0.05) is 12.1 Å². The molecule has 1 aromatic carbocycles. The van der Waals surface area contributed by atoms with E-state index in [-0.39, 0.29) is 18.3 Å². The third-order valence-corrected chi connectivity index (χ3v) is 5.59. The van der Waals surface area contributed by atoms with Crippen molar-refractivity contribution in [2.45, 2.75) is 13.0 Å². The first-order valence-electron chi connectivity index (χ1n) is 11.0. The van der Waals surface area contributed by atoms with Gasteiger partial charge in [-0.05, 0) is 36.8 Å². The molecule has 1 saturated heterocycles. The lowest BCUT2D eigenvalue weighted by atomic mass is 10.1. The number of nitrogens with zero attached hydrogens (tertiary/aromatic N) is 5. The monoisotopic (exact) mass is 464 g/mol. The summed E-state index contributed by atoms with van der Waals surface area (Å²) in [4.78, 5) is 24.4. The van der Waals surface area contributed by atoms with E-state index in [1.54, 1.807) is 16.5 Å². The maximum Gasteiger partial charge on any atom is 0.235 e. The molecule has 0 aliphatic carbocycles. The number of hydrogen-bond acceptors (Lipinski definition) is 7. The SMILES string of the molecule is Cc1cc(Nc2nc(C(NC(=O)CN3CCOCC3)c3ccc(F)cc3)nc3cccn23)n[nH]1. The van der Waals surface area contributed by atoms with E-state index in [1.807, 2.05) is 36.2 Å². The van der Waals surface area contributed by atoms with Gasteiger partial charge in [0.1, 0.15) is 17.5 Å². The molecule has 5 rings (SSSR count). The van der Waals surface area contributed by atoms with Crippen LogP contribution in [-0.4, -0.2) is 68.2 Å². The molecule has 1 aliphatic rings. The molecule has 1 unspecified atom stereocenters. The number of nitrogens with one attached hydrogen (secondary N) is 3. The van der Waals surface area contributed by atoms with Crippen molar-refractivity contribution in [1.29, 1.82) is 0 Å². The van der Waals surface area contributed by atoms with Gasteiger partial charge >= 0.3 is 0 Å². The van der Waals surface area contributed by atoms with Crippen LogP contribution in [-0.2, 0) is 9.53 Å². The number of aromatic nitrogens is 5. The van der Waals surface area contributed by atoms with Crippen molar-refractivity contribution in [2.75, 3.05) is 38.2 Å². The van der Waals surface area contributed by atoms with Crippen molar-refractivity contribution in [3.8, 4) is 0 Å². The minimum atomic E-state index is -0.671. The average molecular weight is 465 g/mol. The topological polar surface area (TPSA) is 112 Å². The molecule has 11 heteroatoms. The number of hydrogen-bond donors (Lipinski definition) is 3. The maximum absolute atomic E-state index is 13.6. The molecule has 1 fully saturated rings. The summed E-state index contributed by atoms with van der Waals surface area (Å²) < 4.78 is 20.8. The first kappa shape index (κ1) is 22.0. The number of aryl methyl sites for hydroxylation is 1. The second-order valence-corrected chi connectivity index (χ2v) is 8.14. The highest BCUT2D eigenvalue weighted by Crippen LogP contribution is 2.23. The number of amides is 1. The summed E-state index contributed by atoms with van der Waals surface area (Å²) in [6.45, 7) is 4.72. The Balaban J connectivity index is 1.49. The zero-order valence-electron chi connectivity index (χ0n) is 18.7. The number of carbonyl (C=O) groups is 1. The fourth-order valence-corrected chi connectivity index (χ4v) is 3.88. The van der Waals surface area contributed by atoms with Crippen LogP contribution in [0.1, 0.15) is 23.1 Å². The van der Waals surface area contributed by atoms with Crippen LogP contribution in [0.3, 0.4) is 0 Å². The predicted molar refractivity (Wildman–Crippen MR) is 123 cm³/mol. The molecule has 0 bridgehead atoms. The maximum atomic E-state index is 13.6. The van der Waals surface area contributed by atoms with E-state index < -0.39 is 6.04 Å². The van der Waals surface area contributed by atoms with Crippen LogP contribution < -0.4 is 10.6 Å². The number of carbonyl (C=O) groups excluding carboxylic acids is 1. The zero-order chi connectivity index (χ0) is 23.5. The minimum absolute atomic E-state index is 0.174. The first-order chi connectivity index (χ1) is 16.5. The lowest BCUT2D eigenvalue weighted by molar-refractivity contribution is -0.123. The molecule has 1 aliphatic heterocycles. The third kappa shape index (κ3) is 4.90. The van der Waals surface area contributed by atoms with Gasteiger partial charge in [0.25, 0.3) is 0 Å². The lowest BCUT2D eigenvalue weighted by Crippen LogP contribution is -2.44. The van der Waals surface area contributed by atoms with E-state index in [0.29, 0.717) is 55.1 Å². The van der Waals surface area contributed by atoms with Gasteiger partial charge in [0.05, 0.1) is 19.8 Å². The highest BCUT2D eigenvalue weighted by Gasteiger charge is 2.24. The number of halogens is 1. The minimum Gasteiger partial charge on any atom is -0.379 e. The van der Waals surface area contributed by atoms with Crippen molar-refractivity contribution < 1.29 is 13.9 Å². The van der Waals surface area contributed by atoms with Crippen molar-refractivity contribution in [3.05, 3.63) is 71.6 Å². The molecular formula is C23H25FN8O2. The second kappa shape index (κ2) is 9.57. The number of H-pyrrole nitrogens is 1. The standard InChI is InChI=1S/C23H25FN8O2/c1-15-13-18(30-29-15)25-23-28-22(26-19-3-2-8-32(19)23)21(16-4-6-17(24)7-5-16)27-20(33)14-31-9-11-34-12-10-31/h2-8,13,21H,9-12,14H2,1H3,(H,27,33)(H2,25,26,28,29,30). The number of benzene rings is 1. The third-order valence-electron chi connectivity index (χ3n) is 5.59. The van der Waals surface area contributed by atoms with Gasteiger partial charge in [-0.2, -0.15) is 10.1 Å². The summed E-state index contributed by atoms with van der Waals surface area (Å²) in [5.74, 6) is 0.939. The lowest BCUT2D eigenvalue weighted by Gasteiger charge is -2.27. The molecule has 34 heavy (non-hydrogen) atoms. The molecular weight excluding hydrogens is 439 g/mol. The zero-order valence-corrected chi connectivity index (χ0v) is 18.7.